The molecule has 0 fully saturated rings. The molecule has 3 aromatic rings. The van der Waals surface area contributed by atoms with Crippen molar-refractivity contribution in [1.82, 2.24) is 10.3 Å². The zero-order valence-corrected chi connectivity index (χ0v) is 13.0. The van der Waals surface area contributed by atoms with Crippen LogP contribution in [0.1, 0.15) is 11.1 Å². The third-order valence-corrected chi connectivity index (χ3v) is 3.35. The van der Waals surface area contributed by atoms with Crippen LogP contribution in [0.5, 0.6) is 0 Å². The van der Waals surface area contributed by atoms with Crippen LogP contribution in [0, 0.1) is 0 Å². The first-order chi connectivity index (χ1) is 11.8. The molecule has 2 aromatic carbocycles. The predicted octanol–water partition coefficient (Wildman–Crippen LogP) is 4.40. The van der Waals surface area contributed by atoms with Gasteiger partial charge in [0.2, 0.25) is 0 Å². The largest absolute Gasteiger partial charge is 0.324 e. The van der Waals surface area contributed by atoms with E-state index in [1.165, 1.54) is 0 Å². The Kier molecular flexibility index (Phi) is 5.00. The summed E-state index contributed by atoms with van der Waals surface area (Å²) >= 11 is 0. The summed E-state index contributed by atoms with van der Waals surface area (Å²) in [5, 5.41) is 5.63. The molecule has 0 unspecified atom stereocenters. The molecule has 4 nitrogen and oxygen atoms in total. The van der Waals surface area contributed by atoms with Crippen LogP contribution in [0.4, 0.5) is 10.6 Å². The van der Waals surface area contributed by atoms with Gasteiger partial charge in [-0.25, -0.2) is 9.78 Å². The summed E-state index contributed by atoms with van der Waals surface area (Å²) < 4.78 is 0. The third-order valence-electron chi connectivity index (χ3n) is 3.35. The molecule has 0 atom stereocenters. The lowest BCUT2D eigenvalue weighted by Gasteiger charge is -2.11. The Balaban J connectivity index is 1.83. The summed E-state index contributed by atoms with van der Waals surface area (Å²) in [6, 6.07) is 24.6. The van der Waals surface area contributed by atoms with E-state index in [1.807, 2.05) is 72.8 Å². The van der Waals surface area contributed by atoms with E-state index in [0.29, 0.717) is 5.82 Å². The van der Waals surface area contributed by atoms with Crippen LogP contribution in [-0.2, 0) is 0 Å². The normalized spacial score (nSPS) is 10.9. The highest BCUT2D eigenvalue weighted by Gasteiger charge is 2.07. The standard InChI is InChI=1S/C20H17N3O/c24-20(23-19-13-7-8-14-21-19)22-18(17-11-5-2-6-12-17)15-16-9-3-1-4-10-16/h1-15H,(H2,21,22,23,24). The van der Waals surface area contributed by atoms with Gasteiger partial charge in [0.1, 0.15) is 5.82 Å². The van der Waals surface area contributed by atoms with E-state index in [9.17, 15) is 4.79 Å². The smallest absolute Gasteiger partial charge is 0.307 e. The van der Waals surface area contributed by atoms with Gasteiger partial charge in [0, 0.05) is 6.20 Å². The summed E-state index contributed by atoms with van der Waals surface area (Å²) in [7, 11) is 0. The van der Waals surface area contributed by atoms with Gasteiger partial charge < -0.3 is 5.32 Å². The number of nitrogens with one attached hydrogen (secondary N) is 2. The third kappa shape index (κ3) is 4.30. The highest BCUT2D eigenvalue weighted by molar-refractivity contribution is 5.97. The molecule has 0 radical (unpaired) electrons. The maximum absolute atomic E-state index is 12.3. The second-order valence-electron chi connectivity index (χ2n) is 5.13. The molecule has 2 amide bonds. The Morgan fingerprint density at radius 1 is 0.833 bits per heavy atom. The van der Waals surface area contributed by atoms with Crippen molar-refractivity contribution in [2.75, 3.05) is 5.32 Å². The molecule has 118 valence electrons. The fourth-order valence-electron chi connectivity index (χ4n) is 2.23. The van der Waals surface area contributed by atoms with Gasteiger partial charge in [-0.1, -0.05) is 66.7 Å². The number of hydrogen-bond donors (Lipinski definition) is 2. The van der Waals surface area contributed by atoms with E-state index in [0.717, 1.165) is 16.8 Å². The van der Waals surface area contributed by atoms with Gasteiger partial charge in [-0.3, -0.25) is 5.32 Å². The van der Waals surface area contributed by atoms with Gasteiger partial charge >= 0.3 is 6.03 Å². The van der Waals surface area contributed by atoms with Crippen molar-refractivity contribution in [3.05, 3.63) is 96.2 Å². The van der Waals surface area contributed by atoms with Crippen LogP contribution in [-0.4, -0.2) is 11.0 Å². The van der Waals surface area contributed by atoms with Crippen molar-refractivity contribution in [2.45, 2.75) is 0 Å². The molecule has 0 aliphatic heterocycles. The quantitative estimate of drug-likeness (QED) is 0.701. The highest BCUT2D eigenvalue weighted by Crippen LogP contribution is 2.16. The Hall–Kier alpha value is -3.40. The summed E-state index contributed by atoms with van der Waals surface area (Å²) in [5.74, 6) is 0.502. The molecule has 24 heavy (non-hydrogen) atoms. The topological polar surface area (TPSA) is 54.0 Å². The van der Waals surface area contributed by atoms with Gasteiger partial charge in [-0.2, -0.15) is 0 Å². The van der Waals surface area contributed by atoms with Crippen LogP contribution < -0.4 is 10.6 Å². The number of nitrogens with zero attached hydrogens (tertiary/aromatic N) is 1. The first-order valence-corrected chi connectivity index (χ1v) is 7.62. The van der Waals surface area contributed by atoms with Crippen molar-refractivity contribution in [2.24, 2.45) is 0 Å². The van der Waals surface area contributed by atoms with Gasteiger partial charge in [0.25, 0.3) is 0 Å². The van der Waals surface area contributed by atoms with Gasteiger partial charge in [-0.05, 0) is 29.3 Å². The summed E-state index contributed by atoms with van der Waals surface area (Å²) in [4.78, 5) is 16.4. The van der Waals surface area contributed by atoms with Crippen molar-refractivity contribution in [3.63, 3.8) is 0 Å². The molecule has 4 heteroatoms. The van der Waals surface area contributed by atoms with Crippen LogP contribution in [0.15, 0.2) is 85.1 Å². The summed E-state index contributed by atoms with van der Waals surface area (Å²) in [5.41, 5.74) is 2.65. The summed E-state index contributed by atoms with van der Waals surface area (Å²) in [6.07, 6.45) is 3.57. The molecule has 2 N–H and O–H groups in total. The zero-order valence-electron chi connectivity index (χ0n) is 13.0. The molecule has 0 saturated carbocycles. The molecule has 0 bridgehead atoms. The molecule has 0 aliphatic carbocycles. The lowest BCUT2D eigenvalue weighted by atomic mass is 10.1. The highest BCUT2D eigenvalue weighted by atomic mass is 16.2. The summed E-state index contributed by atoms with van der Waals surface area (Å²) in [6.45, 7) is 0. The van der Waals surface area contributed by atoms with E-state index in [2.05, 4.69) is 15.6 Å². The van der Waals surface area contributed by atoms with Crippen LogP contribution >= 0.6 is 0 Å². The van der Waals surface area contributed by atoms with Gasteiger partial charge in [0.15, 0.2) is 0 Å². The minimum Gasteiger partial charge on any atom is -0.307 e. The van der Waals surface area contributed by atoms with E-state index in [-0.39, 0.29) is 6.03 Å². The van der Waals surface area contributed by atoms with Crippen LogP contribution in [0.3, 0.4) is 0 Å². The minimum absolute atomic E-state index is 0.334. The lowest BCUT2D eigenvalue weighted by molar-refractivity contribution is 0.255. The number of carbonyl (C=O) groups excluding carboxylic acids is 1. The number of anilines is 1. The van der Waals surface area contributed by atoms with Crippen LogP contribution in [0.2, 0.25) is 0 Å². The molecular formula is C20H17N3O. The number of pyridine rings is 1. The fraction of sp³-hybridized carbons (Fsp3) is 0. The Bertz CT molecular complexity index is 815. The Morgan fingerprint density at radius 2 is 1.50 bits per heavy atom. The number of amides is 2. The average Bonchev–Trinajstić information content (AvgIpc) is 2.63. The molecule has 1 heterocycles. The van der Waals surface area contributed by atoms with Crippen LogP contribution in [0.25, 0.3) is 11.8 Å². The molecule has 0 spiro atoms. The van der Waals surface area contributed by atoms with Crippen molar-refractivity contribution in [1.29, 1.82) is 0 Å². The van der Waals surface area contributed by atoms with E-state index in [4.69, 9.17) is 0 Å². The zero-order chi connectivity index (χ0) is 16.6. The van der Waals surface area contributed by atoms with Crippen molar-refractivity contribution >= 4 is 23.6 Å². The first-order valence-electron chi connectivity index (χ1n) is 7.62. The van der Waals surface area contributed by atoms with E-state index >= 15 is 0 Å². The van der Waals surface area contributed by atoms with Crippen molar-refractivity contribution < 1.29 is 4.79 Å². The number of urea groups is 1. The fourth-order valence-corrected chi connectivity index (χ4v) is 2.23. The lowest BCUT2D eigenvalue weighted by Crippen LogP contribution is -2.27. The maximum atomic E-state index is 12.3. The number of benzene rings is 2. The number of aromatic nitrogens is 1. The maximum Gasteiger partial charge on any atom is 0.324 e. The van der Waals surface area contributed by atoms with E-state index < -0.39 is 0 Å². The second kappa shape index (κ2) is 7.74. The monoisotopic (exact) mass is 315 g/mol. The second-order valence-corrected chi connectivity index (χ2v) is 5.13. The van der Waals surface area contributed by atoms with Gasteiger partial charge in [-0.15, -0.1) is 0 Å². The minimum atomic E-state index is -0.334. The molecule has 3 rings (SSSR count). The molecule has 0 aliphatic rings. The molecular weight excluding hydrogens is 298 g/mol. The average molecular weight is 315 g/mol. The van der Waals surface area contributed by atoms with Crippen molar-refractivity contribution in [3.8, 4) is 0 Å². The first kappa shape index (κ1) is 15.5. The molecule has 0 saturated heterocycles. The predicted molar refractivity (Wildman–Crippen MR) is 97.1 cm³/mol. The Labute approximate surface area is 140 Å². The van der Waals surface area contributed by atoms with E-state index in [1.54, 1.807) is 18.3 Å². The Morgan fingerprint density at radius 3 is 2.17 bits per heavy atom. The number of hydrogen-bond acceptors (Lipinski definition) is 2. The van der Waals surface area contributed by atoms with Gasteiger partial charge in [0.05, 0.1) is 5.70 Å². The SMILES string of the molecule is O=C(NC(=Cc1ccccc1)c1ccccc1)Nc1ccccn1. The number of carbonyl (C=O) groups is 1. The number of rotatable bonds is 4. The molecule has 1 aromatic heterocycles.